The van der Waals surface area contributed by atoms with Crippen molar-refractivity contribution in [1.29, 1.82) is 0 Å². The molecule has 1 unspecified atom stereocenters. The Balaban J connectivity index is 1.90. The van der Waals surface area contributed by atoms with Crippen LogP contribution in [0.15, 0.2) is 0 Å². The quantitative estimate of drug-likeness (QED) is 0.737. The van der Waals surface area contributed by atoms with Crippen LogP contribution in [0.5, 0.6) is 0 Å². The number of hydrogen-bond donors (Lipinski definition) is 2. The maximum absolute atomic E-state index is 10.3. The van der Waals surface area contributed by atoms with Gasteiger partial charge in [0.15, 0.2) is 6.35 Å². The highest BCUT2D eigenvalue weighted by molar-refractivity contribution is 4.88. The minimum atomic E-state index is -0.461. The molecule has 0 spiro atoms. The van der Waals surface area contributed by atoms with Gasteiger partial charge in [-0.15, -0.1) is 0 Å². The molecule has 0 bridgehead atoms. The molecule has 2 heterocycles. The Hall–Kier alpha value is -0.160. The molecule has 0 aromatic carbocycles. The van der Waals surface area contributed by atoms with Gasteiger partial charge in [0.05, 0.1) is 0 Å². The molecule has 2 fully saturated rings. The van der Waals surface area contributed by atoms with Crippen LogP contribution in [-0.2, 0) is 0 Å². The Morgan fingerprint density at radius 1 is 1.11 bits per heavy atom. The number of rotatable bonds is 4. The first-order valence-corrected chi connectivity index (χ1v) is 7.46. The van der Waals surface area contributed by atoms with E-state index in [0.717, 1.165) is 12.5 Å². The van der Waals surface area contributed by atoms with Gasteiger partial charge < -0.3 is 10.0 Å². The van der Waals surface area contributed by atoms with Gasteiger partial charge in [0.25, 0.3) is 0 Å². The van der Waals surface area contributed by atoms with Crippen molar-refractivity contribution in [2.24, 2.45) is 5.92 Å². The van der Waals surface area contributed by atoms with Gasteiger partial charge >= 0.3 is 0 Å². The molecule has 0 aromatic rings. The van der Waals surface area contributed by atoms with E-state index in [1.807, 2.05) is 0 Å². The van der Waals surface area contributed by atoms with Crippen molar-refractivity contribution in [2.75, 3.05) is 26.7 Å². The average Bonchev–Trinajstić information content (AvgIpc) is 2.78. The number of nitrogens with one attached hydrogen (secondary N) is 1. The van der Waals surface area contributed by atoms with Gasteiger partial charge in [-0.2, -0.15) is 0 Å². The van der Waals surface area contributed by atoms with Gasteiger partial charge in [-0.3, -0.25) is 10.2 Å². The van der Waals surface area contributed by atoms with Crippen molar-refractivity contribution >= 4 is 0 Å². The molecule has 2 atom stereocenters. The zero-order valence-electron chi connectivity index (χ0n) is 12.1. The third kappa shape index (κ3) is 3.44. The second-order valence-corrected chi connectivity index (χ2v) is 6.28. The lowest BCUT2D eigenvalue weighted by atomic mass is 9.88. The van der Waals surface area contributed by atoms with E-state index < -0.39 is 6.35 Å². The van der Waals surface area contributed by atoms with E-state index in [4.69, 9.17) is 0 Å². The monoisotopic (exact) mass is 255 g/mol. The molecule has 0 aromatic heterocycles. The van der Waals surface area contributed by atoms with E-state index >= 15 is 0 Å². The molecule has 2 rings (SSSR count). The molecule has 2 N–H and O–H groups in total. The fourth-order valence-corrected chi connectivity index (χ4v) is 3.43. The van der Waals surface area contributed by atoms with Crippen LogP contribution in [0, 0.1) is 5.92 Å². The Morgan fingerprint density at radius 3 is 2.39 bits per heavy atom. The third-order valence-corrected chi connectivity index (χ3v) is 4.45. The highest BCUT2D eigenvalue weighted by Crippen LogP contribution is 2.31. The van der Waals surface area contributed by atoms with Gasteiger partial charge in [-0.05, 0) is 65.6 Å². The topological polar surface area (TPSA) is 38.7 Å². The normalized spacial score (nSPS) is 30.2. The Labute approximate surface area is 111 Å². The summed E-state index contributed by atoms with van der Waals surface area (Å²) >= 11 is 0. The first kappa shape index (κ1) is 14.3. The van der Waals surface area contributed by atoms with Gasteiger partial charge in [0, 0.05) is 18.6 Å². The Kier molecular flexibility index (Phi) is 5.01. The molecule has 2 aliphatic rings. The second kappa shape index (κ2) is 6.33. The fourth-order valence-electron chi connectivity index (χ4n) is 3.43. The molecular weight excluding hydrogens is 226 g/mol. The number of likely N-dealkylation sites (tertiary alicyclic amines) is 2. The van der Waals surface area contributed by atoms with Crippen LogP contribution in [0.1, 0.15) is 39.5 Å². The molecule has 4 nitrogen and oxygen atoms in total. The molecule has 2 saturated heterocycles. The predicted molar refractivity (Wildman–Crippen MR) is 74.2 cm³/mol. The molecular formula is C14H29N3O. The summed E-state index contributed by atoms with van der Waals surface area (Å²) < 4.78 is 0. The molecule has 106 valence electrons. The van der Waals surface area contributed by atoms with Gasteiger partial charge in [-0.1, -0.05) is 0 Å². The van der Waals surface area contributed by atoms with E-state index in [-0.39, 0.29) is 0 Å². The van der Waals surface area contributed by atoms with Gasteiger partial charge in [0.1, 0.15) is 0 Å². The lowest BCUT2D eigenvalue weighted by Gasteiger charge is -2.39. The molecule has 2 aliphatic heterocycles. The first-order valence-electron chi connectivity index (χ1n) is 7.46. The fraction of sp³-hybridized carbons (Fsp3) is 1.00. The van der Waals surface area contributed by atoms with Crippen molar-refractivity contribution in [3.8, 4) is 0 Å². The summed E-state index contributed by atoms with van der Waals surface area (Å²) in [5.74, 6) is 0.771. The van der Waals surface area contributed by atoms with E-state index in [9.17, 15) is 5.11 Å². The predicted octanol–water partition coefficient (Wildman–Crippen LogP) is 1.07. The van der Waals surface area contributed by atoms with Crippen LogP contribution in [0.3, 0.4) is 0 Å². The number of hydrogen-bond acceptors (Lipinski definition) is 4. The number of aliphatic hydroxyl groups excluding tert-OH is 1. The zero-order valence-corrected chi connectivity index (χ0v) is 12.1. The summed E-state index contributed by atoms with van der Waals surface area (Å²) in [4.78, 5) is 4.70. The van der Waals surface area contributed by atoms with E-state index in [0.29, 0.717) is 12.1 Å². The number of piperidine rings is 1. The molecule has 0 saturated carbocycles. The van der Waals surface area contributed by atoms with Gasteiger partial charge in [0.2, 0.25) is 0 Å². The Morgan fingerprint density at radius 2 is 1.78 bits per heavy atom. The molecule has 0 aliphatic carbocycles. The Bertz CT molecular complexity index is 251. The summed E-state index contributed by atoms with van der Waals surface area (Å²) in [7, 11) is 2.21. The lowest BCUT2D eigenvalue weighted by molar-refractivity contribution is -0.0527. The molecule has 0 radical (unpaired) electrons. The van der Waals surface area contributed by atoms with Crippen LogP contribution >= 0.6 is 0 Å². The lowest BCUT2D eigenvalue weighted by Crippen LogP contribution is -2.53. The highest BCUT2D eigenvalue weighted by atomic mass is 16.3. The van der Waals surface area contributed by atoms with Crippen molar-refractivity contribution in [2.45, 2.75) is 58.0 Å². The van der Waals surface area contributed by atoms with Crippen LogP contribution in [0.25, 0.3) is 0 Å². The average molecular weight is 255 g/mol. The van der Waals surface area contributed by atoms with E-state index in [1.165, 1.54) is 38.8 Å². The molecule has 18 heavy (non-hydrogen) atoms. The third-order valence-electron chi connectivity index (χ3n) is 4.45. The van der Waals surface area contributed by atoms with Crippen molar-refractivity contribution in [1.82, 2.24) is 15.1 Å². The van der Waals surface area contributed by atoms with Crippen LogP contribution in [0.4, 0.5) is 0 Å². The van der Waals surface area contributed by atoms with Crippen molar-refractivity contribution < 1.29 is 5.11 Å². The van der Waals surface area contributed by atoms with Gasteiger partial charge in [-0.25, -0.2) is 0 Å². The summed E-state index contributed by atoms with van der Waals surface area (Å²) in [5.41, 5.74) is 0. The minimum absolute atomic E-state index is 0.332. The summed E-state index contributed by atoms with van der Waals surface area (Å²) in [6.07, 6.45) is 4.59. The molecule has 4 heteroatoms. The maximum Gasteiger partial charge on any atom is 0.163 e. The largest absolute Gasteiger partial charge is 0.365 e. The second-order valence-electron chi connectivity index (χ2n) is 6.28. The van der Waals surface area contributed by atoms with Crippen molar-refractivity contribution in [3.63, 3.8) is 0 Å². The summed E-state index contributed by atoms with van der Waals surface area (Å²) in [6.45, 7) is 7.64. The highest BCUT2D eigenvalue weighted by Gasteiger charge is 2.36. The smallest absolute Gasteiger partial charge is 0.163 e. The number of nitrogens with zero attached hydrogens (tertiary/aromatic N) is 2. The summed E-state index contributed by atoms with van der Waals surface area (Å²) in [6, 6.07) is 0.915. The SMILES string of the molecule is CC(C)NC(O)N1CCC[C@H]1C1CCN(C)CC1. The number of aliphatic hydroxyl groups is 1. The van der Waals surface area contributed by atoms with Crippen molar-refractivity contribution in [3.05, 3.63) is 0 Å². The zero-order chi connectivity index (χ0) is 13.1. The molecule has 0 amide bonds. The standard InChI is InChI=1S/C14H29N3O/c1-11(2)15-14(18)17-8-4-5-13(17)12-6-9-16(3)10-7-12/h11-15,18H,4-10H2,1-3H3/t13-,14?/m0/s1. The van der Waals surface area contributed by atoms with E-state index in [1.54, 1.807) is 0 Å². The summed E-state index contributed by atoms with van der Waals surface area (Å²) in [5, 5.41) is 13.5. The van der Waals surface area contributed by atoms with Crippen LogP contribution in [-0.4, -0.2) is 60.0 Å². The maximum atomic E-state index is 10.3. The van der Waals surface area contributed by atoms with Crippen LogP contribution in [0.2, 0.25) is 0 Å². The van der Waals surface area contributed by atoms with Crippen LogP contribution < -0.4 is 5.32 Å². The first-order chi connectivity index (χ1) is 8.58. The van der Waals surface area contributed by atoms with E-state index in [2.05, 4.69) is 36.0 Å². The minimum Gasteiger partial charge on any atom is -0.365 e.